The molecule has 0 aromatic carbocycles. The van der Waals surface area contributed by atoms with E-state index in [-0.39, 0.29) is 0 Å². The van der Waals surface area contributed by atoms with Crippen molar-refractivity contribution in [3.05, 3.63) is 17.0 Å². The first kappa shape index (κ1) is 16.2. The third-order valence-corrected chi connectivity index (χ3v) is 3.79. The lowest BCUT2D eigenvalue weighted by Crippen LogP contribution is -2.39. The molecule has 1 N–H and O–H groups in total. The summed E-state index contributed by atoms with van der Waals surface area (Å²) in [4.78, 5) is 0. The fourth-order valence-electron chi connectivity index (χ4n) is 2.66. The summed E-state index contributed by atoms with van der Waals surface area (Å²) in [5, 5.41) is 8.27. The van der Waals surface area contributed by atoms with E-state index in [4.69, 9.17) is 4.74 Å². The number of rotatable bonds is 7. The zero-order valence-electron chi connectivity index (χ0n) is 13.4. The number of hydrogen-bond acceptors (Lipinski definition) is 3. The molecular formula is C15H29N3O. The van der Waals surface area contributed by atoms with Crippen LogP contribution in [-0.4, -0.2) is 29.5 Å². The van der Waals surface area contributed by atoms with Gasteiger partial charge >= 0.3 is 0 Å². The molecule has 1 rings (SSSR count). The molecule has 2 atom stereocenters. The van der Waals surface area contributed by atoms with Crippen LogP contribution < -0.4 is 5.32 Å². The van der Waals surface area contributed by atoms with Gasteiger partial charge in [-0.05, 0) is 33.6 Å². The fraction of sp³-hybridized carbons (Fsp3) is 0.800. The lowest BCUT2D eigenvalue weighted by Gasteiger charge is -2.26. The van der Waals surface area contributed by atoms with Gasteiger partial charge in [0.1, 0.15) is 0 Å². The van der Waals surface area contributed by atoms with Gasteiger partial charge in [0.2, 0.25) is 0 Å². The highest BCUT2D eigenvalue weighted by molar-refractivity contribution is 5.27. The molecule has 4 heteroatoms. The molecule has 4 nitrogen and oxygen atoms in total. The van der Waals surface area contributed by atoms with E-state index in [0.29, 0.717) is 18.0 Å². The van der Waals surface area contributed by atoms with Gasteiger partial charge in [0.25, 0.3) is 0 Å². The van der Waals surface area contributed by atoms with Crippen molar-refractivity contribution in [2.45, 2.75) is 60.2 Å². The van der Waals surface area contributed by atoms with E-state index < -0.39 is 0 Å². The molecule has 0 aliphatic heterocycles. The molecule has 0 aliphatic carbocycles. The molecule has 19 heavy (non-hydrogen) atoms. The number of aryl methyl sites for hydroxylation is 2. The Balaban J connectivity index is 2.87. The van der Waals surface area contributed by atoms with Gasteiger partial charge in [0.15, 0.2) is 0 Å². The van der Waals surface area contributed by atoms with Crippen LogP contribution in [0.4, 0.5) is 0 Å². The monoisotopic (exact) mass is 267 g/mol. The predicted octanol–water partition coefficient (Wildman–Crippen LogP) is 2.84. The summed E-state index contributed by atoms with van der Waals surface area (Å²) < 4.78 is 7.38. The van der Waals surface area contributed by atoms with E-state index in [1.165, 1.54) is 11.3 Å². The van der Waals surface area contributed by atoms with Gasteiger partial charge in [-0.3, -0.25) is 4.68 Å². The maximum atomic E-state index is 5.31. The van der Waals surface area contributed by atoms with Crippen molar-refractivity contribution in [1.29, 1.82) is 0 Å². The first-order valence-electron chi connectivity index (χ1n) is 7.21. The molecule has 0 amide bonds. The Hall–Kier alpha value is -0.870. The summed E-state index contributed by atoms with van der Waals surface area (Å²) >= 11 is 0. The van der Waals surface area contributed by atoms with Crippen LogP contribution >= 0.6 is 0 Å². The van der Waals surface area contributed by atoms with Gasteiger partial charge in [-0.1, -0.05) is 13.8 Å². The number of nitrogens with one attached hydrogen (secondary N) is 1. The standard InChI is InChI=1S/C15H29N3O/c1-8-18-13(6)15(12(5)17-18)11(4)16-14(9-19-7)10(2)3/h10-11,14,16H,8-9H2,1-7H3. The van der Waals surface area contributed by atoms with Crippen LogP contribution in [0.1, 0.15) is 50.7 Å². The normalized spacial score (nSPS) is 14.9. The second kappa shape index (κ2) is 7.06. The Bertz CT molecular complexity index is 398. The van der Waals surface area contributed by atoms with Gasteiger partial charge in [0, 0.05) is 37.0 Å². The number of methoxy groups -OCH3 is 1. The predicted molar refractivity (Wildman–Crippen MR) is 79.4 cm³/mol. The molecule has 0 spiro atoms. The third kappa shape index (κ3) is 3.80. The molecule has 110 valence electrons. The molecule has 0 aliphatic rings. The van der Waals surface area contributed by atoms with E-state index >= 15 is 0 Å². The first-order chi connectivity index (χ1) is 8.92. The Labute approximate surface area is 117 Å². The average molecular weight is 267 g/mol. The average Bonchev–Trinajstić information content (AvgIpc) is 2.63. The topological polar surface area (TPSA) is 39.1 Å². The van der Waals surface area contributed by atoms with Crippen molar-refractivity contribution in [3.63, 3.8) is 0 Å². The number of aromatic nitrogens is 2. The van der Waals surface area contributed by atoms with Crippen LogP contribution in [0.2, 0.25) is 0 Å². The minimum atomic E-state index is 0.294. The minimum absolute atomic E-state index is 0.294. The van der Waals surface area contributed by atoms with E-state index in [2.05, 4.69) is 56.6 Å². The summed E-state index contributed by atoms with van der Waals surface area (Å²) in [6.45, 7) is 14.7. The summed E-state index contributed by atoms with van der Waals surface area (Å²) in [7, 11) is 1.76. The lowest BCUT2D eigenvalue weighted by molar-refractivity contribution is 0.141. The molecule has 0 radical (unpaired) electrons. The maximum absolute atomic E-state index is 5.31. The van der Waals surface area contributed by atoms with Gasteiger partial charge in [0.05, 0.1) is 12.3 Å². The van der Waals surface area contributed by atoms with Crippen molar-refractivity contribution in [1.82, 2.24) is 15.1 Å². The van der Waals surface area contributed by atoms with Crippen molar-refractivity contribution >= 4 is 0 Å². The van der Waals surface area contributed by atoms with Crippen LogP contribution in [0, 0.1) is 19.8 Å². The third-order valence-electron chi connectivity index (χ3n) is 3.79. The smallest absolute Gasteiger partial charge is 0.0644 e. The molecule has 2 unspecified atom stereocenters. The Kier molecular flexibility index (Phi) is 6.01. The SMILES string of the molecule is CCn1nc(C)c(C(C)NC(COC)C(C)C)c1C. The van der Waals surface area contributed by atoms with Gasteiger partial charge in [-0.2, -0.15) is 5.10 Å². The van der Waals surface area contributed by atoms with Crippen molar-refractivity contribution in [3.8, 4) is 0 Å². The zero-order chi connectivity index (χ0) is 14.6. The molecule has 1 heterocycles. The fourth-order valence-corrected chi connectivity index (χ4v) is 2.66. The molecule has 0 saturated carbocycles. The van der Waals surface area contributed by atoms with Crippen molar-refractivity contribution < 1.29 is 4.74 Å². The first-order valence-corrected chi connectivity index (χ1v) is 7.21. The van der Waals surface area contributed by atoms with Gasteiger partial charge in [-0.15, -0.1) is 0 Å². The molecule has 0 bridgehead atoms. The minimum Gasteiger partial charge on any atom is -0.383 e. The van der Waals surface area contributed by atoms with Crippen LogP contribution in [0.25, 0.3) is 0 Å². The largest absolute Gasteiger partial charge is 0.383 e. The summed E-state index contributed by atoms with van der Waals surface area (Å²) in [5.41, 5.74) is 3.71. The highest BCUT2D eigenvalue weighted by atomic mass is 16.5. The zero-order valence-corrected chi connectivity index (χ0v) is 13.4. The molecule has 0 fully saturated rings. The maximum Gasteiger partial charge on any atom is 0.0644 e. The molecule has 1 aromatic heterocycles. The summed E-state index contributed by atoms with van der Waals surface area (Å²) in [6, 6.07) is 0.659. The highest BCUT2D eigenvalue weighted by Gasteiger charge is 2.21. The Morgan fingerprint density at radius 1 is 1.26 bits per heavy atom. The van der Waals surface area contributed by atoms with Crippen molar-refractivity contribution in [2.75, 3.05) is 13.7 Å². The number of nitrogens with zero attached hydrogens (tertiary/aromatic N) is 2. The van der Waals surface area contributed by atoms with E-state index in [9.17, 15) is 0 Å². The van der Waals surface area contributed by atoms with E-state index in [0.717, 1.165) is 18.8 Å². The summed E-state index contributed by atoms with van der Waals surface area (Å²) in [6.07, 6.45) is 0. The van der Waals surface area contributed by atoms with E-state index in [1.807, 2.05) is 0 Å². The summed E-state index contributed by atoms with van der Waals surface area (Å²) in [5.74, 6) is 0.546. The molecule has 1 aromatic rings. The van der Waals surface area contributed by atoms with Crippen molar-refractivity contribution in [2.24, 2.45) is 5.92 Å². The van der Waals surface area contributed by atoms with Gasteiger partial charge in [-0.25, -0.2) is 0 Å². The Morgan fingerprint density at radius 3 is 2.32 bits per heavy atom. The van der Waals surface area contributed by atoms with Crippen LogP contribution in [0.3, 0.4) is 0 Å². The van der Waals surface area contributed by atoms with E-state index in [1.54, 1.807) is 7.11 Å². The lowest BCUT2D eigenvalue weighted by atomic mass is 10.0. The van der Waals surface area contributed by atoms with Crippen LogP contribution in [0.15, 0.2) is 0 Å². The molecule has 0 saturated heterocycles. The molecular weight excluding hydrogens is 238 g/mol. The Morgan fingerprint density at radius 2 is 1.89 bits per heavy atom. The second-order valence-corrected chi connectivity index (χ2v) is 5.59. The van der Waals surface area contributed by atoms with Crippen LogP contribution in [0.5, 0.6) is 0 Å². The number of hydrogen-bond donors (Lipinski definition) is 1. The highest BCUT2D eigenvalue weighted by Crippen LogP contribution is 2.22. The second-order valence-electron chi connectivity index (χ2n) is 5.59. The number of ether oxygens (including phenoxy) is 1. The van der Waals surface area contributed by atoms with Gasteiger partial charge < -0.3 is 10.1 Å². The quantitative estimate of drug-likeness (QED) is 0.825. The van der Waals surface area contributed by atoms with Crippen LogP contribution in [-0.2, 0) is 11.3 Å².